The highest BCUT2D eigenvalue weighted by Crippen LogP contribution is 2.18. The number of nitriles is 1. The second-order valence-corrected chi connectivity index (χ2v) is 6.07. The first kappa shape index (κ1) is 12.5. The summed E-state index contributed by atoms with van der Waals surface area (Å²) in [4.78, 5) is 13.5. The number of thiophene rings is 1. The minimum absolute atomic E-state index is 0.0167. The molecule has 0 bridgehead atoms. The van der Waals surface area contributed by atoms with Gasteiger partial charge in [0.2, 0.25) is 0 Å². The summed E-state index contributed by atoms with van der Waals surface area (Å²) in [6, 6.07) is 3.89. The molecule has 15 heavy (non-hydrogen) atoms. The molecule has 0 saturated heterocycles. The maximum absolute atomic E-state index is 11.9. The van der Waals surface area contributed by atoms with Gasteiger partial charge in [-0.2, -0.15) is 5.26 Å². The van der Waals surface area contributed by atoms with Crippen LogP contribution in [0.5, 0.6) is 0 Å². The summed E-state index contributed by atoms with van der Waals surface area (Å²) < 4.78 is 1.09. The molecular weight excluding hydrogens is 323 g/mol. The number of nitrogens with zero attached hydrogens (tertiary/aromatic N) is 2. The lowest BCUT2D eigenvalue weighted by atomic mass is 10.2. The Kier molecular flexibility index (Phi) is 4.54. The highest BCUT2D eigenvalue weighted by atomic mass is 127. The summed E-state index contributed by atoms with van der Waals surface area (Å²) in [5.74, 6) is -0.0167. The van der Waals surface area contributed by atoms with Crippen molar-refractivity contribution in [1.82, 2.24) is 4.90 Å². The van der Waals surface area contributed by atoms with Crippen LogP contribution >= 0.6 is 33.9 Å². The van der Waals surface area contributed by atoms with Crippen molar-refractivity contribution < 1.29 is 4.79 Å². The molecule has 1 aromatic heterocycles. The van der Waals surface area contributed by atoms with E-state index in [1.54, 1.807) is 23.3 Å². The minimum atomic E-state index is -0.0416. The summed E-state index contributed by atoms with van der Waals surface area (Å²) in [7, 11) is 1.73. The molecule has 0 aromatic carbocycles. The molecule has 0 aliphatic rings. The Balaban J connectivity index is 2.73. The SMILES string of the molecule is CC(CC#N)N(C)C(=O)c1csc(I)c1. The highest BCUT2D eigenvalue weighted by molar-refractivity contribution is 14.1. The maximum Gasteiger partial charge on any atom is 0.254 e. The van der Waals surface area contributed by atoms with Gasteiger partial charge in [0.25, 0.3) is 5.91 Å². The molecule has 1 heterocycles. The predicted molar refractivity (Wildman–Crippen MR) is 68.8 cm³/mol. The van der Waals surface area contributed by atoms with Crippen molar-refractivity contribution in [3.8, 4) is 6.07 Å². The number of carbonyl (C=O) groups excluding carboxylic acids is 1. The Morgan fingerprint density at radius 1 is 1.80 bits per heavy atom. The molecule has 0 aliphatic carbocycles. The Bertz CT molecular complexity index is 396. The average Bonchev–Trinajstić information content (AvgIpc) is 2.63. The van der Waals surface area contributed by atoms with Crippen molar-refractivity contribution in [3.63, 3.8) is 0 Å². The van der Waals surface area contributed by atoms with Crippen molar-refractivity contribution in [2.24, 2.45) is 0 Å². The molecule has 0 saturated carbocycles. The van der Waals surface area contributed by atoms with E-state index in [1.165, 1.54) is 0 Å². The minimum Gasteiger partial charge on any atom is -0.338 e. The summed E-state index contributed by atoms with van der Waals surface area (Å²) in [6.45, 7) is 1.87. The van der Waals surface area contributed by atoms with Gasteiger partial charge in [0.15, 0.2) is 0 Å². The summed E-state index contributed by atoms with van der Waals surface area (Å²) in [5, 5.41) is 10.4. The van der Waals surface area contributed by atoms with E-state index in [1.807, 2.05) is 18.4 Å². The molecule has 0 aliphatic heterocycles. The Hall–Kier alpha value is -0.610. The lowest BCUT2D eigenvalue weighted by Crippen LogP contribution is -2.34. The first-order valence-electron chi connectivity index (χ1n) is 4.44. The van der Waals surface area contributed by atoms with Crippen molar-refractivity contribution in [2.45, 2.75) is 19.4 Å². The van der Waals surface area contributed by atoms with Gasteiger partial charge in [0.1, 0.15) is 0 Å². The van der Waals surface area contributed by atoms with Crippen LogP contribution in [0.1, 0.15) is 23.7 Å². The van der Waals surface area contributed by atoms with E-state index >= 15 is 0 Å². The fourth-order valence-corrected chi connectivity index (χ4v) is 2.42. The average molecular weight is 334 g/mol. The number of halogens is 1. The largest absolute Gasteiger partial charge is 0.338 e. The van der Waals surface area contributed by atoms with Gasteiger partial charge in [0, 0.05) is 18.5 Å². The number of hydrogen-bond acceptors (Lipinski definition) is 3. The topological polar surface area (TPSA) is 44.1 Å². The fraction of sp³-hybridized carbons (Fsp3) is 0.400. The molecule has 0 spiro atoms. The van der Waals surface area contributed by atoms with E-state index < -0.39 is 0 Å². The number of hydrogen-bond donors (Lipinski definition) is 0. The van der Waals surface area contributed by atoms with Crippen LogP contribution < -0.4 is 0 Å². The number of rotatable bonds is 3. The molecule has 1 rings (SSSR count). The van der Waals surface area contributed by atoms with Gasteiger partial charge in [-0.25, -0.2) is 0 Å². The second kappa shape index (κ2) is 5.47. The van der Waals surface area contributed by atoms with Gasteiger partial charge in [-0.3, -0.25) is 4.79 Å². The summed E-state index contributed by atoms with van der Waals surface area (Å²) >= 11 is 3.74. The van der Waals surface area contributed by atoms with E-state index in [0.29, 0.717) is 12.0 Å². The van der Waals surface area contributed by atoms with E-state index in [2.05, 4.69) is 28.7 Å². The van der Waals surface area contributed by atoms with Crippen molar-refractivity contribution in [2.75, 3.05) is 7.05 Å². The van der Waals surface area contributed by atoms with Crippen LogP contribution in [0.4, 0.5) is 0 Å². The predicted octanol–water partition coefficient (Wildman–Crippen LogP) is 2.73. The van der Waals surface area contributed by atoms with Crippen molar-refractivity contribution in [3.05, 3.63) is 19.9 Å². The van der Waals surface area contributed by atoms with E-state index in [0.717, 1.165) is 2.88 Å². The molecule has 1 aromatic rings. The van der Waals surface area contributed by atoms with Crippen LogP contribution in [0.15, 0.2) is 11.4 Å². The maximum atomic E-state index is 11.9. The van der Waals surface area contributed by atoms with Crippen LogP contribution in [-0.2, 0) is 0 Å². The molecule has 5 heteroatoms. The summed E-state index contributed by atoms with van der Waals surface area (Å²) in [6.07, 6.45) is 0.365. The number of carbonyl (C=O) groups is 1. The van der Waals surface area contributed by atoms with Gasteiger partial charge in [0.05, 0.1) is 20.9 Å². The third-order valence-corrected chi connectivity index (χ3v) is 3.97. The van der Waals surface area contributed by atoms with Crippen LogP contribution in [-0.4, -0.2) is 23.9 Å². The summed E-state index contributed by atoms with van der Waals surface area (Å²) in [5.41, 5.74) is 0.705. The van der Waals surface area contributed by atoms with Crippen LogP contribution in [0.25, 0.3) is 0 Å². The lowest BCUT2D eigenvalue weighted by molar-refractivity contribution is 0.0747. The van der Waals surface area contributed by atoms with Gasteiger partial charge >= 0.3 is 0 Å². The molecule has 80 valence electrons. The zero-order valence-electron chi connectivity index (χ0n) is 8.53. The van der Waals surface area contributed by atoms with Gasteiger partial charge in [-0.1, -0.05) is 0 Å². The fourth-order valence-electron chi connectivity index (χ4n) is 1.10. The third kappa shape index (κ3) is 3.18. The third-order valence-electron chi connectivity index (χ3n) is 2.18. The first-order chi connectivity index (χ1) is 7.06. The Morgan fingerprint density at radius 3 is 2.93 bits per heavy atom. The van der Waals surface area contributed by atoms with Crippen LogP contribution in [0.3, 0.4) is 0 Å². The Labute approximate surface area is 107 Å². The normalized spacial score (nSPS) is 11.9. The molecule has 3 nitrogen and oxygen atoms in total. The molecule has 0 radical (unpaired) electrons. The van der Waals surface area contributed by atoms with E-state index in [9.17, 15) is 4.79 Å². The Morgan fingerprint density at radius 2 is 2.47 bits per heavy atom. The lowest BCUT2D eigenvalue weighted by Gasteiger charge is -2.22. The van der Waals surface area contributed by atoms with E-state index in [4.69, 9.17) is 5.26 Å². The van der Waals surface area contributed by atoms with E-state index in [-0.39, 0.29) is 11.9 Å². The first-order valence-corrected chi connectivity index (χ1v) is 6.40. The standard InChI is InChI=1S/C10H11IN2OS/c1-7(3-4-12)13(2)10(14)8-5-9(11)15-6-8/h5-7H,3H2,1-2H3. The quantitative estimate of drug-likeness (QED) is 0.798. The van der Waals surface area contributed by atoms with Crippen molar-refractivity contribution >= 4 is 39.8 Å². The molecule has 1 unspecified atom stereocenters. The molecule has 0 N–H and O–H groups in total. The van der Waals surface area contributed by atoms with Crippen LogP contribution in [0.2, 0.25) is 0 Å². The molecule has 1 amide bonds. The molecule has 0 fully saturated rings. The second-order valence-electron chi connectivity index (χ2n) is 3.27. The van der Waals surface area contributed by atoms with Crippen molar-refractivity contribution in [1.29, 1.82) is 5.26 Å². The molecule has 1 atom stereocenters. The van der Waals surface area contributed by atoms with Crippen LogP contribution in [0, 0.1) is 14.2 Å². The highest BCUT2D eigenvalue weighted by Gasteiger charge is 2.17. The van der Waals surface area contributed by atoms with Gasteiger partial charge in [-0.15, -0.1) is 11.3 Å². The monoisotopic (exact) mass is 334 g/mol. The number of amides is 1. The zero-order valence-corrected chi connectivity index (χ0v) is 11.5. The smallest absolute Gasteiger partial charge is 0.254 e. The van der Waals surface area contributed by atoms with Gasteiger partial charge in [-0.05, 0) is 35.6 Å². The van der Waals surface area contributed by atoms with Gasteiger partial charge < -0.3 is 4.90 Å². The zero-order chi connectivity index (χ0) is 11.4. The molecular formula is C10H11IN2OS.